The Morgan fingerprint density at radius 2 is 1.63 bits per heavy atom. The van der Waals surface area contributed by atoms with Gasteiger partial charge in [-0.15, -0.1) is 0 Å². The molecule has 0 aliphatic carbocycles. The highest BCUT2D eigenvalue weighted by Gasteiger charge is 2.12. The number of benzene rings is 1. The van der Waals surface area contributed by atoms with Gasteiger partial charge in [0.1, 0.15) is 0 Å². The summed E-state index contributed by atoms with van der Waals surface area (Å²) in [5.74, 6) is 0. The van der Waals surface area contributed by atoms with E-state index in [0.29, 0.717) is 6.04 Å². The van der Waals surface area contributed by atoms with Gasteiger partial charge in [-0.25, -0.2) is 0 Å². The van der Waals surface area contributed by atoms with Gasteiger partial charge >= 0.3 is 0 Å². The number of hydrogen-bond donors (Lipinski definition) is 1. The Balaban J connectivity index is 2.12. The summed E-state index contributed by atoms with van der Waals surface area (Å²) in [6.07, 6.45) is 0. The van der Waals surface area contributed by atoms with Crippen LogP contribution in [-0.4, -0.2) is 0 Å². The quantitative estimate of drug-likeness (QED) is 0.841. The van der Waals surface area contributed by atoms with Crippen LogP contribution < -0.4 is 5.32 Å². The minimum atomic E-state index is 0.389. The zero-order valence-electron chi connectivity index (χ0n) is 12.5. The van der Waals surface area contributed by atoms with Crippen LogP contribution in [0.4, 0.5) is 0 Å². The van der Waals surface area contributed by atoms with Gasteiger partial charge in [-0.3, -0.25) is 0 Å². The summed E-state index contributed by atoms with van der Waals surface area (Å²) >= 11 is 1.78. The SMILES string of the molecule is Cc1cc(C)c(C(C)NCc2cscc2C)c(C)c1. The van der Waals surface area contributed by atoms with E-state index in [4.69, 9.17) is 0 Å². The fourth-order valence-corrected chi connectivity index (χ4v) is 3.66. The highest BCUT2D eigenvalue weighted by Crippen LogP contribution is 2.24. The lowest BCUT2D eigenvalue weighted by Gasteiger charge is -2.20. The summed E-state index contributed by atoms with van der Waals surface area (Å²) in [4.78, 5) is 0. The first-order valence-electron chi connectivity index (χ1n) is 6.82. The number of nitrogens with one attached hydrogen (secondary N) is 1. The molecule has 102 valence electrons. The van der Waals surface area contributed by atoms with Crippen molar-refractivity contribution in [1.29, 1.82) is 0 Å². The van der Waals surface area contributed by atoms with Crippen LogP contribution in [0.1, 0.15) is 46.3 Å². The monoisotopic (exact) mass is 273 g/mol. The van der Waals surface area contributed by atoms with Crippen molar-refractivity contribution >= 4 is 11.3 Å². The van der Waals surface area contributed by atoms with Crippen molar-refractivity contribution in [1.82, 2.24) is 5.32 Å². The van der Waals surface area contributed by atoms with Crippen molar-refractivity contribution in [2.24, 2.45) is 0 Å². The van der Waals surface area contributed by atoms with E-state index in [1.165, 1.54) is 33.4 Å². The van der Waals surface area contributed by atoms with Crippen LogP contribution in [0.15, 0.2) is 22.9 Å². The zero-order chi connectivity index (χ0) is 14.0. The van der Waals surface area contributed by atoms with Crippen molar-refractivity contribution in [2.45, 2.75) is 47.2 Å². The first-order chi connectivity index (χ1) is 8.99. The van der Waals surface area contributed by atoms with Gasteiger partial charge in [0.2, 0.25) is 0 Å². The molecule has 19 heavy (non-hydrogen) atoms. The van der Waals surface area contributed by atoms with E-state index in [0.717, 1.165) is 6.54 Å². The van der Waals surface area contributed by atoms with Gasteiger partial charge in [0.05, 0.1) is 0 Å². The summed E-state index contributed by atoms with van der Waals surface area (Å²) in [7, 11) is 0. The Kier molecular flexibility index (Phi) is 4.43. The largest absolute Gasteiger partial charge is 0.306 e. The summed E-state index contributed by atoms with van der Waals surface area (Å²) in [6, 6.07) is 4.94. The Labute approximate surface area is 120 Å². The molecule has 0 saturated heterocycles. The first-order valence-corrected chi connectivity index (χ1v) is 7.76. The van der Waals surface area contributed by atoms with Gasteiger partial charge in [0, 0.05) is 12.6 Å². The Hall–Kier alpha value is -1.12. The molecule has 2 heteroatoms. The molecule has 0 bridgehead atoms. The van der Waals surface area contributed by atoms with Crippen LogP contribution in [0.2, 0.25) is 0 Å². The molecule has 1 heterocycles. The molecule has 1 atom stereocenters. The number of rotatable bonds is 4. The van der Waals surface area contributed by atoms with E-state index in [-0.39, 0.29) is 0 Å². The Morgan fingerprint density at radius 1 is 1.00 bits per heavy atom. The lowest BCUT2D eigenvalue weighted by Crippen LogP contribution is -2.20. The average molecular weight is 273 g/mol. The molecule has 2 aromatic rings. The molecule has 1 N–H and O–H groups in total. The van der Waals surface area contributed by atoms with Gasteiger partial charge in [0.25, 0.3) is 0 Å². The predicted molar refractivity (Wildman–Crippen MR) is 85.0 cm³/mol. The van der Waals surface area contributed by atoms with Crippen LogP contribution in [0.25, 0.3) is 0 Å². The molecule has 1 aromatic heterocycles. The second kappa shape index (κ2) is 5.89. The van der Waals surface area contributed by atoms with Gasteiger partial charge in [-0.05, 0) is 73.2 Å². The third kappa shape index (κ3) is 3.26. The molecule has 1 nitrogen and oxygen atoms in total. The maximum Gasteiger partial charge on any atom is 0.0300 e. The van der Waals surface area contributed by atoms with Crippen LogP contribution in [-0.2, 0) is 6.54 Å². The lowest BCUT2D eigenvalue weighted by atomic mass is 9.95. The topological polar surface area (TPSA) is 12.0 Å². The lowest BCUT2D eigenvalue weighted by molar-refractivity contribution is 0.569. The summed E-state index contributed by atoms with van der Waals surface area (Å²) in [6.45, 7) is 12.0. The molecule has 1 aromatic carbocycles. The van der Waals surface area contributed by atoms with Crippen LogP contribution in [0, 0.1) is 27.7 Å². The second-order valence-corrected chi connectivity index (χ2v) is 6.24. The van der Waals surface area contributed by atoms with Crippen LogP contribution >= 0.6 is 11.3 Å². The molecule has 2 rings (SSSR count). The predicted octanol–water partition coefficient (Wildman–Crippen LogP) is 4.83. The van der Waals surface area contributed by atoms with Crippen molar-refractivity contribution in [3.05, 3.63) is 56.3 Å². The van der Waals surface area contributed by atoms with E-state index in [1.807, 2.05) is 0 Å². The third-order valence-electron chi connectivity index (χ3n) is 3.73. The second-order valence-electron chi connectivity index (χ2n) is 5.50. The van der Waals surface area contributed by atoms with Crippen molar-refractivity contribution < 1.29 is 0 Å². The van der Waals surface area contributed by atoms with E-state index >= 15 is 0 Å². The summed E-state index contributed by atoms with van der Waals surface area (Å²) in [5.41, 5.74) is 8.37. The van der Waals surface area contributed by atoms with Crippen molar-refractivity contribution in [2.75, 3.05) is 0 Å². The molecular formula is C17H23NS. The minimum absolute atomic E-state index is 0.389. The van der Waals surface area contributed by atoms with E-state index < -0.39 is 0 Å². The van der Waals surface area contributed by atoms with Crippen molar-refractivity contribution in [3.63, 3.8) is 0 Å². The highest BCUT2D eigenvalue weighted by molar-refractivity contribution is 7.08. The first kappa shape index (κ1) is 14.3. The molecule has 0 amide bonds. The fourth-order valence-electron chi connectivity index (χ4n) is 2.81. The zero-order valence-corrected chi connectivity index (χ0v) is 13.3. The molecule has 0 aliphatic heterocycles. The smallest absolute Gasteiger partial charge is 0.0300 e. The molecular weight excluding hydrogens is 250 g/mol. The van der Waals surface area contributed by atoms with E-state index in [1.54, 1.807) is 11.3 Å². The van der Waals surface area contributed by atoms with Gasteiger partial charge < -0.3 is 5.32 Å². The van der Waals surface area contributed by atoms with Gasteiger partial charge in [0.15, 0.2) is 0 Å². The fraction of sp³-hybridized carbons (Fsp3) is 0.412. The molecule has 0 aliphatic rings. The molecule has 0 fully saturated rings. The maximum atomic E-state index is 3.65. The van der Waals surface area contributed by atoms with Gasteiger partial charge in [-0.1, -0.05) is 17.7 Å². The van der Waals surface area contributed by atoms with Crippen LogP contribution in [0.5, 0.6) is 0 Å². The minimum Gasteiger partial charge on any atom is -0.306 e. The molecule has 0 spiro atoms. The third-order valence-corrected chi connectivity index (χ3v) is 4.64. The molecule has 1 unspecified atom stereocenters. The van der Waals surface area contributed by atoms with E-state index in [2.05, 4.69) is 62.8 Å². The number of hydrogen-bond acceptors (Lipinski definition) is 2. The Morgan fingerprint density at radius 3 is 2.16 bits per heavy atom. The maximum absolute atomic E-state index is 3.65. The molecule has 0 saturated carbocycles. The normalized spacial score (nSPS) is 12.7. The summed E-state index contributed by atoms with van der Waals surface area (Å²) < 4.78 is 0. The van der Waals surface area contributed by atoms with E-state index in [9.17, 15) is 0 Å². The number of thiophene rings is 1. The van der Waals surface area contributed by atoms with Crippen LogP contribution in [0.3, 0.4) is 0 Å². The highest BCUT2D eigenvalue weighted by atomic mass is 32.1. The summed E-state index contributed by atoms with van der Waals surface area (Å²) in [5, 5.41) is 8.10. The standard InChI is InChI=1S/C17H23NS/c1-11-6-12(2)17(13(3)7-11)15(5)18-8-16-10-19-9-14(16)4/h6-7,9-10,15,18H,8H2,1-5H3. The van der Waals surface area contributed by atoms with Crippen molar-refractivity contribution in [3.8, 4) is 0 Å². The average Bonchev–Trinajstić information content (AvgIpc) is 2.70. The number of aryl methyl sites for hydroxylation is 4. The molecule has 0 radical (unpaired) electrons. The van der Waals surface area contributed by atoms with Gasteiger partial charge in [-0.2, -0.15) is 11.3 Å². The Bertz CT molecular complexity index is 545.